The van der Waals surface area contributed by atoms with Gasteiger partial charge in [-0.1, -0.05) is 285 Å². The van der Waals surface area contributed by atoms with E-state index in [4.69, 9.17) is 29.9 Å². The Morgan fingerprint density at radius 3 is 0.928 bits per heavy atom. The Kier molecular flexibility index (Phi) is 15.1. The molecular formula is C100H61N9S2. The van der Waals surface area contributed by atoms with Crippen molar-refractivity contribution in [2.45, 2.75) is 0 Å². The predicted molar refractivity (Wildman–Crippen MR) is 464 cm³/mol. The summed E-state index contributed by atoms with van der Waals surface area (Å²) in [7, 11) is 0. The molecule has 23 rings (SSSR count). The number of aromatic nitrogens is 9. The summed E-state index contributed by atoms with van der Waals surface area (Å²) >= 11 is 3.58. The fourth-order valence-corrected chi connectivity index (χ4v) is 18.8. The minimum Gasteiger partial charge on any atom is -0.309 e. The standard InChI is InChI=1S/C51H31N5S.C49H30N4S/c1-3-15-32(16-4-1)49-52-50(33-17-5-2-6-18-33)54-51(53-49)42-30-35(29-41-40-22-10-14-26-47(40)57-48(41)42)56-45-25-13-9-21-38(45)39-28-27-34(31-46(39)56)55-43-23-11-7-19-36(43)37-20-8-12-24-44(37)55;1-3-14-32(15-4-1)47-50-48(33-16-5-2-6-17-33)52-49(51-47)42-30-37(29-41-40-20-10-12-22-45(40)54-46(41)42)53-43-21-11-9-19-38(43)39-26-25-36(28-44(39)53)35-24-23-31-13-7-8-18-34(31)27-35/h1-31H;1-30H. The van der Waals surface area contributed by atoms with Crippen LogP contribution in [-0.2, 0) is 0 Å². The number of para-hydroxylation sites is 4. The molecule has 0 radical (unpaired) electrons. The summed E-state index contributed by atoms with van der Waals surface area (Å²) in [6.07, 6.45) is 0. The topological polar surface area (TPSA) is 92.1 Å². The predicted octanol–water partition coefficient (Wildman–Crippen LogP) is 26.6. The second-order valence-corrected chi connectivity index (χ2v) is 30.2. The Morgan fingerprint density at radius 2 is 0.495 bits per heavy atom. The van der Waals surface area contributed by atoms with Gasteiger partial charge in [-0.15, -0.1) is 22.7 Å². The first kappa shape index (κ1) is 63.9. The van der Waals surface area contributed by atoms with Crippen LogP contribution in [0.15, 0.2) is 370 Å². The van der Waals surface area contributed by atoms with Crippen LogP contribution in [0, 0.1) is 0 Å². The Labute approximate surface area is 644 Å². The van der Waals surface area contributed by atoms with Crippen molar-refractivity contribution < 1.29 is 0 Å². The lowest BCUT2D eigenvalue weighted by Gasteiger charge is -2.14. The van der Waals surface area contributed by atoms with E-state index in [1.807, 2.05) is 72.8 Å². The van der Waals surface area contributed by atoms with Gasteiger partial charge in [0.05, 0.1) is 33.1 Å². The van der Waals surface area contributed by atoms with E-state index >= 15 is 0 Å². The Hall–Kier alpha value is -14.4. The third kappa shape index (κ3) is 10.9. The number of hydrogen-bond donors (Lipinski definition) is 0. The van der Waals surface area contributed by atoms with Crippen LogP contribution in [-0.4, -0.2) is 43.6 Å². The van der Waals surface area contributed by atoms with Gasteiger partial charge in [0.25, 0.3) is 0 Å². The van der Waals surface area contributed by atoms with Gasteiger partial charge in [0.1, 0.15) is 0 Å². The summed E-state index contributed by atoms with van der Waals surface area (Å²) in [6, 6.07) is 131. The molecule has 0 aliphatic rings. The van der Waals surface area contributed by atoms with Gasteiger partial charge in [0.15, 0.2) is 34.9 Å². The largest absolute Gasteiger partial charge is 0.309 e. The van der Waals surface area contributed by atoms with Gasteiger partial charge in [-0.3, -0.25) is 0 Å². The van der Waals surface area contributed by atoms with Gasteiger partial charge in [-0.05, 0) is 107 Å². The molecule has 0 atom stereocenters. The molecule has 111 heavy (non-hydrogen) atoms. The highest BCUT2D eigenvalue weighted by Gasteiger charge is 2.25. The van der Waals surface area contributed by atoms with E-state index in [1.165, 1.54) is 96.2 Å². The summed E-state index contributed by atoms with van der Waals surface area (Å²) in [5.41, 5.74) is 18.3. The van der Waals surface area contributed by atoms with E-state index in [0.717, 1.165) is 81.9 Å². The Morgan fingerprint density at radius 1 is 0.180 bits per heavy atom. The third-order valence-electron chi connectivity index (χ3n) is 21.6. The summed E-state index contributed by atoms with van der Waals surface area (Å²) in [4.78, 5) is 31.0. The summed E-state index contributed by atoms with van der Waals surface area (Å²) in [6.45, 7) is 0. The van der Waals surface area contributed by atoms with E-state index < -0.39 is 0 Å². The molecule has 0 fully saturated rings. The first-order chi connectivity index (χ1) is 55.0. The van der Waals surface area contributed by atoms with Crippen LogP contribution in [0.4, 0.5) is 0 Å². The van der Waals surface area contributed by atoms with Crippen LogP contribution >= 0.6 is 22.7 Å². The highest BCUT2D eigenvalue weighted by Crippen LogP contribution is 2.47. The van der Waals surface area contributed by atoms with Gasteiger partial charge in [0.2, 0.25) is 0 Å². The number of nitrogens with zero attached hydrogens (tertiary/aromatic N) is 9. The average Bonchev–Trinajstić information content (AvgIpc) is 1.58. The first-order valence-corrected chi connectivity index (χ1v) is 38.9. The highest BCUT2D eigenvalue weighted by atomic mass is 32.1. The van der Waals surface area contributed by atoms with E-state index in [2.05, 4.69) is 311 Å². The van der Waals surface area contributed by atoms with Crippen molar-refractivity contribution in [3.05, 3.63) is 370 Å². The third-order valence-corrected chi connectivity index (χ3v) is 24.0. The minimum absolute atomic E-state index is 0.645. The van der Waals surface area contributed by atoms with E-state index in [9.17, 15) is 0 Å². The number of benzene rings is 16. The molecule has 7 aromatic heterocycles. The van der Waals surface area contributed by atoms with Crippen LogP contribution in [0.3, 0.4) is 0 Å². The number of rotatable bonds is 10. The SMILES string of the molecule is c1ccc(-c2nc(-c3ccccc3)nc(-c3cc(-n4c5ccccc5c5ccc(-c6ccc7ccccc7c6)cc54)cc4c3sc3ccccc34)n2)cc1.c1ccc(-c2nc(-c3ccccc3)nc(-c3cc(-n4c5ccccc5c5ccc(-n6c7ccccc7c7ccccc76)cc54)cc4c3sc3ccccc34)n2)cc1. The zero-order valence-corrected chi connectivity index (χ0v) is 61.2. The molecule has 0 amide bonds. The molecular weight excluding hydrogens is 1390 g/mol. The molecule has 16 aromatic carbocycles. The normalized spacial score (nSPS) is 11.8. The maximum Gasteiger partial charge on any atom is 0.165 e. The molecule has 11 heteroatoms. The van der Waals surface area contributed by atoms with Crippen LogP contribution < -0.4 is 0 Å². The lowest BCUT2D eigenvalue weighted by Crippen LogP contribution is -2.01. The summed E-state index contributed by atoms with van der Waals surface area (Å²) < 4.78 is 12.0. The van der Waals surface area contributed by atoms with Crippen molar-refractivity contribution in [1.29, 1.82) is 0 Å². The first-order valence-electron chi connectivity index (χ1n) is 37.2. The highest BCUT2D eigenvalue weighted by molar-refractivity contribution is 7.26. The summed E-state index contributed by atoms with van der Waals surface area (Å²) in [5.74, 6) is 3.89. The van der Waals surface area contributed by atoms with Crippen LogP contribution in [0.1, 0.15) is 0 Å². The zero-order chi connectivity index (χ0) is 73.0. The molecule has 0 N–H and O–H groups in total. The molecule has 518 valence electrons. The average molecular weight is 1450 g/mol. The fourth-order valence-electron chi connectivity index (χ4n) is 16.4. The molecule has 0 spiro atoms. The number of hydrogen-bond acceptors (Lipinski definition) is 8. The molecule has 0 unspecified atom stereocenters. The molecule has 23 aromatic rings. The van der Waals surface area contributed by atoms with Crippen molar-refractivity contribution in [1.82, 2.24) is 43.6 Å². The fraction of sp³-hybridized carbons (Fsp3) is 0. The molecule has 0 aliphatic carbocycles. The molecule has 0 saturated heterocycles. The van der Waals surface area contributed by atoms with Gasteiger partial charge in [-0.25, -0.2) is 29.9 Å². The van der Waals surface area contributed by atoms with Gasteiger partial charge in [0, 0.05) is 123 Å². The second kappa shape index (κ2) is 26.3. The molecule has 7 heterocycles. The maximum atomic E-state index is 5.24. The van der Waals surface area contributed by atoms with Gasteiger partial charge >= 0.3 is 0 Å². The zero-order valence-electron chi connectivity index (χ0n) is 59.6. The van der Waals surface area contributed by atoms with Crippen LogP contribution in [0.2, 0.25) is 0 Å². The van der Waals surface area contributed by atoms with Crippen molar-refractivity contribution in [3.63, 3.8) is 0 Å². The monoisotopic (exact) mass is 1450 g/mol. The van der Waals surface area contributed by atoms with Crippen LogP contribution in [0.5, 0.6) is 0 Å². The maximum absolute atomic E-state index is 5.24. The minimum atomic E-state index is 0.645. The smallest absolute Gasteiger partial charge is 0.165 e. The van der Waals surface area contributed by atoms with Gasteiger partial charge < -0.3 is 13.7 Å². The lowest BCUT2D eigenvalue weighted by atomic mass is 10.00. The number of fused-ring (bicyclic) bond motifs is 16. The van der Waals surface area contributed by atoms with Crippen LogP contribution in [0.25, 0.3) is 213 Å². The molecule has 0 bridgehead atoms. The molecule has 0 saturated carbocycles. The quantitative estimate of drug-likeness (QED) is 0.135. The van der Waals surface area contributed by atoms with E-state index in [0.29, 0.717) is 34.9 Å². The molecule has 9 nitrogen and oxygen atoms in total. The van der Waals surface area contributed by atoms with Crippen molar-refractivity contribution in [3.8, 4) is 96.5 Å². The van der Waals surface area contributed by atoms with Crippen molar-refractivity contribution >= 4 is 139 Å². The summed E-state index contributed by atoms with van der Waals surface area (Å²) in [5, 5.41) is 14.6. The lowest BCUT2D eigenvalue weighted by molar-refractivity contribution is 1.07. The second-order valence-electron chi connectivity index (χ2n) is 28.1. The van der Waals surface area contributed by atoms with Crippen molar-refractivity contribution in [2.24, 2.45) is 0 Å². The number of thiophene rings is 2. The Bertz CT molecular complexity index is 7480. The van der Waals surface area contributed by atoms with Crippen molar-refractivity contribution in [2.75, 3.05) is 0 Å². The molecule has 0 aliphatic heterocycles. The van der Waals surface area contributed by atoms with E-state index in [-0.39, 0.29) is 0 Å². The van der Waals surface area contributed by atoms with E-state index in [1.54, 1.807) is 22.7 Å². The van der Waals surface area contributed by atoms with Gasteiger partial charge in [-0.2, -0.15) is 0 Å². The Balaban J connectivity index is 0.000000137.